The van der Waals surface area contributed by atoms with Gasteiger partial charge in [0.25, 0.3) is 0 Å². The van der Waals surface area contributed by atoms with E-state index in [0.717, 1.165) is 10.0 Å². The molecule has 1 atom stereocenters. The van der Waals surface area contributed by atoms with Gasteiger partial charge >= 0.3 is 5.97 Å². The molecule has 1 rings (SSSR count). The van der Waals surface area contributed by atoms with E-state index >= 15 is 0 Å². The quantitative estimate of drug-likeness (QED) is 0.841. The van der Waals surface area contributed by atoms with E-state index in [2.05, 4.69) is 15.9 Å². The number of nitrogens with two attached hydrogens (primary N) is 1. The molecule has 76 valence electrons. The van der Waals surface area contributed by atoms with Gasteiger partial charge in [0.05, 0.1) is 0 Å². The monoisotopic (exact) mass is 257 g/mol. The molecule has 0 bridgehead atoms. The molecule has 0 spiro atoms. The normalized spacial score (nSPS) is 12.2. The number of ether oxygens (including phenoxy) is 1. The van der Waals surface area contributed by atoms with Gasteiger partial charge in [-0.05, 0) is 13.0 Å². The Morgan fingerprint density at radius 1 is 1.57 bits per heavy atom. The second-order valence-electron chi connectivity index (χ2n) is 2.99. The lowest BCUT2D eigenvalue weighted by Gasteiger charge is -2.08. The van der Waals surface area contributed by atoms with Crippen molar-refractivity contribution >= 4 is 21.9 Å². The van der Waals surface area contributed by atoms with Crippen molar-refractivity contribution in [2.75, 3.05) is 0 Å². The third-order valence-corrected chi connectivity index (χ3v) is 2.47. The molecule has 3 nitrogen and oxygen atoms in total. The molecule has 0 aliphatic heterocycles. The van der Waals surface area contributed by atoms with Gasteiger partial charge in [0.2, 0.25) is 0 Å². The summed E-state index contributed by atoms with van der Waals surface area (Å²) in [7, 11) is 0. The molecule has 1 aromatic carbocycles. The predicted molar refractivity (Wildman–Crippen MR) is 57.6 cm³/mol. The van der Waals surface area contributed by atoms with Crippen LogP contribution in [0.2, 0.25) is 0 Å². The largest absolute Gasteiger partial charge is 0.460 e. The van der Waals surface area contributed by atoms with Crippen LogP contribution in [0.15, 0.2) is 28.7 Å². The molecule has 4 heteroatoms. The number of rotatable bonds is 3. The van der Waals surface area contributed by atoms with Crippen LogP contribution in [0.25, 0.3) is 0 Å². The van der Waals surface area contributed by atoms with E-state index in [0.29, 0.717) is 0 Å². The molecule has 0 fully saturated rings. The second kappa shape index (κ2) is 5.12. The Balaban J connectivity index is 2.54. The highest BCUT2D eigenvalue weighted by molar-refractivity contribution is 9.10. The summed E-state index contributed by atoms with van der Waals surface area (Å²) >= 11 is 3.36. The van der Waals surface area contributed by atoms with Crippen LogP contribution in [0.3, 0.4) is 0 Å². The van der Waals surface area contributed by atoms with E-state index < -0.39 is 6.04 Å². The van der Waals surface area contributed by atoms with E-state index in [-0.39, 0.29) is 12.6 Å². The van der Waals surface area contributed by atoms with E-state index in [4.69, 9.17) is 10.5 Å². The molecule has 14 heavy (non-hydrogen) atoms. The maximum atomic E-state index is 11.1. The molecule has 0 radical (unpaired) electrons. The minimum atomic E-state index is -0.572. The van der Waals surface area contributed by atoms with Crippen LogP contribution in [0.4, 0.5) is 0 Å². The molecule has 0 unspecified atom stereocenters. The fourth-order valence-electron chi connectivity index (χ4n) is 0.896. The van der Waals surface area contributed by atoms with Crippen LogP contribution in [-0.4, -0.2) is 12.0 Å². The number of carbonyl (C=O) groups excluding carboxylic acids is 1. The lowest BCUT2D eigenvalue weighted by Crippen LogP contribution is -2.28. The van der Waals surface area contributed by atoms with Crippen LogP contribution < -0.4 is 5.73 Å². The summed E-state index contributed by atoms with van der Waals surface area (Å²) in [5.74, 6) is -0.388. The Morgan fingerprint density at radius 2 is 2.21 bits per heavy atom. The highest BCUT2D eigenvalue weighted by Crippen LogP contribution is 2.16. The summed E-state index contributed by atoms with van der Waals surface area (Å²) in [6, 6.07) is 7.01. The van der Waals surface area contributed by atoms with E-state index in [9.17, 15) is 4.79 Å². The highest BCUT2D eigenvalue weighted by atomic mass is 79.9. The van der Waals surface area contributed by atoms with E-state index in [1.807, 2.05) is 24.3 Å². The standard InChI is InChI=1S/C10H12BrNO2/c1-7(12)10(13)14-6-8-4-2-3-5-9(8)11/h2-5,7H,6,12H2,1H3/t7-/m1/s1. The first-order valence-electron chi connectivity index (χ1n) is 4.27. The van der Waals surface area contributed by atoms with Crippen LogP contribution in [0, 0.1) is 0 Å². The Morgan fingerprint density at radius 3 is 2.79 bits per heavy atom. The first-order chi connectivity index (χ1) is 6.61. The van der Waals surface area contributed by atoms with Crippen molar-refractivity contribution in [1.82, 2.24) is 0 Å². The van der Waals surface area contributed by atoms with Crippen molar-refractivity contribution in [1.29, 1.82) is 0 Å². The maximum absolute atomic E-state index is 11.1. The predicted octanol–water partition coefficient (Wildman–Crippen LogP) is 1.84. The molecule has 0 heterocycles. The van der Waals surface area contributed by atoms with E-state index in [1.165, 1.54) is 0 Å². The Labute approximate surface area is 91.4 Å². The number of benzene rings is 1. The molecular formula is C10H12BrNO2. The van der Waals surface area contributed by atoms with Gasteiger partial charge in [-0.15, -0.1) is 0 Å². The molecule has 0 saturated carbocycles. The third kappa shape index (κ3) is 3.12. The smallest absolute Gasteiger partial charge is 0.322 e. The number of halogens is 1. The van der Waals surface area contributed by atoms with Crippen molar-refractivity contribution in [3.8, 4) is 0 Å². The van der Waals surface area contributed by atoms with Gasteiger partial charge in [0, 0.05) is 10.0 Å². The summed E-state index contributed by atoms with van der Waals surface area (Å²) in [6.07, 6.45) is 0. The minimum Gasteiger partial charge on any atom is -0.460 e. The van der Waals surface area contributed by atoms with Crippen LogP contribution in [0.1, 0.15) is 12.5 Å². The van der Waals surface area contributed by atoms with Gasteiger partial charge in [0.15, 0.2) is 0 Å². The zero-order valence-corrected chi connectivity index (χ0v) is 9.45. The molecule has 0 aromatic heterocycles. The first kappa shape index (κ1) is 11.2. The van der Waals surface area contributed by atoms with Crippen LogP contribution in [-0.2, 0) is 16.1 Å². The van der Waals surface area contributed by atoms with Crippen LogP contribution in [0.5, 0.6) is 0 Å². The molecule has 0 amide bonds. The van der Waals surface area contributed by atoms with Crippen molar-refractivity contribution in [2.24, 2.45) is 5.73 Å². The van der Waals surface area contributed by atoms with Gasteiger partial charge in [-0.1, -0.05) is 34.1 Å². The van der Waals surface area contributed by atoms with Gasteiger partial charge in [-0.25, -0.2) is 0 Å². The lowest BCUT2D eigenvalue weighted by molar-refractivity contribution is -0.146. The summed E-state index contributed by atoms with van der Waals surface area (Å²) in [5.41, 5.74) is 6.28. The second-order valence-corrected chi connectivity index (χ2v) is 3.84. The topological polar surface area (TPSA) is 52.3 Å². The minimum absolute atomic E-state index is 0.252. The molecule has 0 aliphatic rings. The number of hydrogen-bond acceptors (Lipinski definition) is 3. The number of hydrogen-bond donors (Lipinski definition) is 1. The average molecular weight is 258 g/mol. The Kier molecular flexibility index (Phi) is 4.10. The third-order valence-electron chi connectivity index (χ3n) is 1.70. The summed E-state index contributed by atoms with van der Waals surface area (Å²) < 4.78 is 5.90. The van der Waals surface area contributed by atoms with Gasteiger partial charge in [-0.3, -0.25) is 4.79 Å². The van der Waals surface area contributed by atoms with Crippen LogP contribution >= 0.6 is 15.9 Å². The average Bonchev–Trinajstić information content (AvgIpc) is 2.16. The Hall–Kier alpha value is -0.870. The fourth-order valence-corrected chi connectivity index (χ4v) is 1.30. The van der Waals surface area contributed by atoms with E-state index in [1.54, 1.807) is 6.92 Å². The molecule has 1 aromatic rings. The molecule has 0 aliphatic carbocycles. The first-order valence-corrected chi connectivity index (χ1v) is 5.06. The highest BCUT2D eigenvalue weighted by Gasteiger charge is 2.09. The lowest BCUT2D eigenvalue weighted by atomic mass is 10.2. The van der Waals surface area contributed by atoms with Crippen molar-refractivity contribution < 1.29 is 9.53 Å². The molecule has 0 saturated heterocycles. The maximum Gasteiger partial charge on any atom is 0.322 e. The summed E-state index contributed by atoms with van der Waals surface area (Å²) in [5, 5.41) is 0. The van der Waals surface area contributed by atoms with Crippen molar-refractivity contribution in [2.45, 2.75) is 19.6 Å². The van der Waals surface area contributed by atoms with Gasteiger partial charge in [0.1, 0.15) is 12.6 Å². The van der Waals surface area contributed by atoms with Crippen molar-refractivity contribution in [3.63, 3.8) is 0 Å². The summed E-state index contributed by atoms with van der Waals surface area (Å²) in [4.78, 5) is 11.1. The zero-order chi connectivity index (χ0) is 10.6. The SMILES string of the molecule is C[C@@H](N)C(=O)OCc1ccccc1Br. The fraction of sp³-hybridized carbons (Fsp3) is 0.300. The zero-order valence-electron chi connectivity index (χ0n) is 7.87. The molecule has 2 N–H and O–H groups in total. The molecular weight excluding hydrogens is 246 g/mol. The summed E-state index contributed by atoms with van der Waals surface area (Å²) in [6.45, 7) is 1.85. The Bertz CT molecular complexity index is 326. The van der Waals surface area contributed by atoms with Gasteiger partial charge in [-0.2, -0.15) is 0 Å². The number of carbonyl (C=O) groups is 1. The van der Waals surface area contributed by atoms with Crippen molar-refractivity contribution in [3.05, 3.63) is 34.3 Å². The number of esters is 1. The van der Waals surface area contributed by atoms with Gasteiger partial charge < -0.3 is 10.5 Å².